The number of anilines is 1. The Labute approximate surface area is 173 Å². The Hall–Kier alpha value is -3.10. The van der Waals surface area contributed by atoms with Gasteiger partial charge >= 0.3 is 0 Å². The summed E-state index contributed by atoms with van der Waals surface area (Å²) in [4.78, 5) is 34.8. The molecule has 2 amide bonds. The Balaban J connectivity index is 1.67. The Kier molecular flexibility index (Phi) is 6.28. The van der Waals surface area contributed by atoms with Gasteiger partial charge in [-0.15, -0.1) is 0 Å². The molecular formula is C21H25F2N5O2. The average Bonchev–Trinajstić information content (AvgIpc) is 2.71. The molecule has 0 saturated heterocycles. The van der Waals surface area contributed by atoms with Crippen LogP contribution in [0.15, 0.2) is 24.3 Å². The van der Waals surface area contributed by atoms with E-state index in [0.717, 1.165) is 18.2 Å². The van der Waals surface area contributed by atoms with Gasteiger partial charge in [-0.3, -0.25) is 9.59 Å². The van der Waals surface area contributed by atoms with E-state index in [1.165, 1.54) is 12.1 Å². The smallest absolute Gasteiger partial charge is 0.270 e. The lowest BCUT2D eigenvalue weighted by Gasteiger charge is -2.29. The lowest BCUT2D eigenvalue weighted by molar-refractivity contribution is -0.132. The molecular weight excluding hydrogens is 392 g/mol. The molecule has 2 heterocycles. The van der Waals surface area contributed by atoms with Crippen LogP contribution in [0.3, 0.4) is 0 Å². The first-order valence-corrected chi connectivity index (χ1v) is 9.87. The van der Waals surface area contributed by atoms with E-state index in [4.69, 9.17) is 5.73 Å². The molecule has 0 bridgehead atoms. The molecule has 7 nitrogen and oxygen atoms in total. The first-order valence-electron chi connectivity index (χ1n) is 9.87. The van der Waals surface area contributed by atoms with Crippen molar-refractivity contribution in [3.05, 3.63) is 52.3 Å². The quantitative estimate of drug-likeness (QED) is 0.721. The number of halogens is 2. The summed E-state index contributed by atoms with van der Waals surface area (Å²) >= 11 is 0. The maximum Gasteiger partial charge on any atom is 0.270 e. The van der Waals surface area contributed by atoms with Gasteiger partial charge in [0.15, 0.2) is 0 Å². The van der Waals surface area contributed by atoms with Gasteiger partial charge in [0.1, 0.15) is 5.69 Å². The second kappa shape index (κ2) is 8.73. The molecule has 30 heavy (non-hydrogen) atoms. The van der Waals surface area contributed by atoms with Gasteiger partial charge in [0.05, 0.1) is 5.69 Å². The number of rotatable bonds is 7. The van der Waals surface area contributed by atoms with Gasteiger partial charge in [-0.05, 0) is 18.9 Å². The molecule has 0 fully saturated rings. The van der Waals surface area contributed by atoms with Crippen molar-refractivity contribution < 1.29 is 18.4 Å². The molecule has 160 valence electrons. The third kappa shape index (κ3) is 4.90. The van der Waals surface area contributed by atoms with Gasteiger partial charge in [-0.2, -0.15) is 0 Å². The number of nitrogens with zero attached hydrogens (tertiary/aromatic N) is 3. The first kappa shape index (κ1) is 21.6. The number of primary amides is 1. The van der Waals surface area contributed by atoms with E-state index in [9.17, 15) is 18.4 Å². The van der Waals surface area contributed by atoms with Crippen LogP contribution in [0.2, 0.25) is 0 Å². The average molecular weight is 417 g/mol. The van der Waals surface area contributed by atoms with Crippen LogP contribution in [-0.4, -0.2) is 39.8 Å². The summed E-state index contributed by atoms with van der Waals surface area (Å²) in [5.41, 5.74) is 7.67. The monoisotopic (exact) mass is 417 g/mol. The third-order valence-corrected chi connectivity index (χ3v) is 5.07. The number of benzene rings is 1. The van der Waals surface area contributed by atoms with E-state index in [1.807, 2.05) is 6.92 Å². The van der Waals surface area contributed by atoms with Crippen molar-refractivity contribution in [2.45, 2.75) is 45.6 Å². The minimum Gasteiger partial charge on any atom is -0.364 e. The Bertz CT molecular complexity index is 942. The molecule has 0 saturated carbocycles. The second-order valence-electron chi connectivity index (χ2n) is 7.37. The van der Waals surface area contributed by atoms with Crippen LogP contribution in [-0.2, 0) is 30.1 Å². The highest BCUT2D eigenvalue weighted by atomic mass is 19.3. The minimum absolute atomic E-state index is 0.0545. The molecule has 0 atom stereocenters. The Morgan fingerprint density at radius 1 is 1.23 bits per heavy atom. The van der Waals surface area contributed by atoms with Crippen molar-refractivity contribution in [2.75, 3.05) is 18.4 Å². The summed E-state index contributed by atoms with van der Waals surface area (Å²) in [6.07, 6.45) is 1.18. The van der Waals surface area contributed by atoms with Crippen molar-refractivity contribution in [3.63, 3.8) is 0 Å². The molecule has 3 N–H and O–H groups in total. The molecule has 0 radical (unpaired) electrons. The van der Waals surface area contributed by atoms with E-state index in [0.29, 0.717) is 37.4 Å². The number of alkyl halides is 2. The maximum atomic E-state index is 13.3. The topological polar surface area (TPSA) is 101 Å². The first-order chi connectivity index (χ1) is 14.2. The van der Waals surface area contributed by atoms with E-state index < -0.39 is 11.8 Å². The summed E-state index contributed by atoms with van der Waals surface area (Å²) in [6, 6.07) is 6.00. The van der Waals surface area contributed by atoms with E-state index in [2.05, 4.69) is 15.3 Å². The highest BCUT2D eigenvalue weighted by Gasteiger charge is 2.27. The highest BCUT2D eigenvalue weighted by Crippen LogP contribution is 2.27. The fraction of sp³-hybridized carbons (Fsp3) is 0.429. The van der Waals surface area contributed by atoms with Crippen LogP contribution < -0.4 is 11.1 Å². The molecule has 1 aliphatic heterocycles. The van der Waals surface area contributed by atoms with Crippen LogP contribution in [0.1, 0.15) is 53.1 Å². The zero-order valence-electron chi connectivity index (χ0n) is 17.0. The van der Waals surface area contributed by atoms with Crippen molar-refractivity contribution in [1.82, 2.24) is 14.9 Å². The predicted molar refractivity (Wildman–Crippen MR) is 108 cm³/mol. The van der Waals surface area contributed by atoms with Crippen LogP contribution >= 0.6 is 0 Å². The molecule has 9 heteroatoms. The number of carbonyl (C=O) groups excluding carboxylic acids is 2. The number of aryl methyl sites for hydroxylation is 1. The SMILES string of the molecule is CCNc1nc2c(c(C(N)=O)n1)CN(C(=O)CCc1ccc(C(C)(F)F)cc1)CC2. The lowest BCUT2D eigenvalue weighted by atomic mass is 10.0. The zero-order chi connectivity index (χ0) is 21.9. The van der Waals surface area contributed by atoms with Crippen LogP contribution in [0.5, 0.6) is 0 Å². The second-order valence-corrected chi connectivity index (χ2v) is 7.37. The number of nitrogens with two attached hydrogens (primary N) is 1. The summed E-state index contributed by atoms with van der Waals surface area (Å²) in [5, 5.41) is 2.98. The van der Waals surface area contributed by atoms with Crippen LogP contribution in [0, 0.1) is 0 Å². The molecule has 2 aromatic rings. The number of carbonyl (C=O) groups is 2. The number of amides is 2. The van der Waals surface area contributed by atoms with E-state index >= 15 is 0 Å². The molecule has 0 unspecified atom stereocenters. The van der Waals surface area contributed by atoms with Crippen molar-refractivity contribution in [1.29, 1.82) is 0 Å². The fourth-order valence-corrected chi connectivity index (χ4v) is 3.44. The number of hydrogen-bond acceptors (Lipinski definition) is 5. The third-order valence-electron chi connectivity index (χ3n) is 5.07. The van der Waals surface area contributed by atoms with Crippen molar-refractivity contribution in [3.8, 4) is 0 Å². The van der Waals surface area contributed by atoms with Crippen molar-refractivity contribution in [2.24, 2.45) is 5.73 Å². The van der Waals surface area contributed by atoms with E-state index in [1.54, 1.807) is 17.0 Å². The fourth-order valence-electron chi connectivity index (χ4n) is 3.44. The Morgan fingerprint density at radius 3 is 2.53 bits per heavy atom. The van der Waals surface area contributed by atoms with Crippen molar-refractivity contribution >= 4 is 17.8 Å². The summed E-state index contributed by atoms with van der Waals surface area (Å²) in [7, 11) is 0. The van der Waals surface area contributed by atoms with Gasteiger partial charge in [-0.25, -0.2) is 18.7 Å². The zero-order valence-corrected chi connectivity index (χ0v) is 17.0. The van der Waals surface area contributed by atoms with E-state index in [-0.39, 0.29) is 30.1 Å². The van der Waals surface area contributed by atoms with Gasteiger partial charge in [-0.1, -0.05) is 24.3 Å². The number of fused-ring (bicyclic) bond motifs is 1. The maximum absolute atomic E-state index is 13.3. The number of aromatic nitrogens is 2. The van der Waals surface area contributed by atoms with Gasteiger partial charge in [0.2, 0.25) is 11.9 Å². The molecule has 0 aliphatic carbocycles. The number of nitrogens with one attached hydrogen (secondary N) is 1. The summed E-state index contributed by atoms with van der Waals surface area (Å²) in [5.74, 6) is -3.28. The normalized spacial score (nSPS) is 13.7. The highest BCUT2D eigenvalue weighted by molar-refractivity contribution is 5.93. The standard InChI is InChI=1S/C21H25F2N5O2/c1-3-25-20-26-16-10-11-28(12-15(16)18(27-20)19(24)30)17(29)9-6-13-4-7-14(8-5-13)21(2,22)23/h4-5,7-8H,3,6,9-12H2,1-2H3,(H2,24,30)(H,25,26,27). The summed E-state index contributed by atoms with van der Waals surface area (Å²) in [6.45, 7) is 4.06. The summed E-state index contributed by atoms with van der Waals surface area (Å²) < 4.78 is 26.6. The Morgan fingerprint density at radius 2 is 1.93 bits per heavy atom. The van der Waals surface area contributed by atoms with Gasteiger partial charge in [0.25, 0.3) is 11.8 Å². The molecule has 1 aliphatic rings. The van der Waals surface area contributed by atoms with Gasteiger partial charge < -0.3 is 16.0 Å². The molecule has 1 aromatic carbocycles. The molecule has 3 rings (SSSR count). The van der Waals surface area contributed by atoms with Gasteiger partial charge in [0, 0.05) is 50.5 Å². The van der Waals surface area contributed by atoms with Crippen LogP contribution in [0.4, 0.5) is 14.7 Å². The predicted octanol–water partition coefficient (Wildman–Crippen LogP) is 2.64. The lowest BCUT2D eigenvalue weighted by Crippen LogP contribution is -2.38. The van der Waals surface area contributed by atoms with Crippen LogP contribution in [0.25, 0.3) is 0 Å². The number of hydrogen-bond donors (Lipinski definition) is 2. The minimum atomic E-state index is -2.89. The molecule has 0 spiro atoms. The largest absolute Gasteiger partial charge is 0.364 e. The molecule has 1 aromatic heterocycles.